The summed E-state index contributed by atoms with van der Waals surface area (Å²) >= 11 is 1.79. The van der Waals surface area contributed by atoms with Crippen molar-refractivity contribution < 1.29 is 0 Å². The van der Waals surface area contributed by atoms with Crippen molar-refractivity contribution in [1.82, 2.24) is 0 Å². The lowest BCUT2D eigenvalue weighted by Crippen LogP contribution is -2.27. The van der Waals surface area contributed by atoms with Crippen LogP contribution in [0.25, 0.3) is 10.4 Å². The molecule has 0 fully saturated rings. The Morgan fingerprint density at radius 3 is 2.06 bits per heavy atom. The first-order valence-corrected chi connectivity index (χ1v) is 6.66. The lowest BCUT2D eigenvalue weighted by molar-refractivity contribution is 0.567. The molecule has 2 rings (SSSR count). The fraction of sp³-hybridized carbons (Fsp3) is 0.333. The number of hydrogen-bond acceptors (Lipinski definition) is 2. The predicted molar refractivity (Wildman–Crippen MR) is 76.4 cm³/mol. The highest BCUT2D eigenvalue weighted by Gasteiger charge is 2.16. The zero-order valence-electron chi connectivity index (χ0n) is 10.9. The minimum Gasteiger partial charge on any atom is -0.321 e. The minimum absolute atomic E-state index is 0.248. The molecule has 0 saturated carbocycles. The van der Waals surface area contributed by atoms with Gasteiger partial charge in [-0.25, -0.2) is 0 Å². The van der Waals surface area contributed by atoms with E-state index in [0.29, 0.717) is 0 Å². The highest BCUT2D eigenvalue weighted by molar-refractivity contribution is 7.15. The number of hydrogen-bond donors (Lipinski definition) is 1. The van der Waals surface area contributed by atoms with Gasteiger partial charge in [0.1, 0.15) is 0 Å². The minimum atomic E-state index is -0.248. The van der Waals surface area contributed by atoms with Gasteiger partial charge in [0, 0.05) is 15.3 Å². The van der Waals surface area contributed by atoms with Crippen molar-refractivity contribution >= 4 is 11.3 Å². The molecule has 0 unspecified atom stereocenters. The van der Waals surface area contributed by atoms with Crippen molar-refractivity contribution in [3.8, 4) is 10.4 Å². The summed E-state index contributed by atoms with van der Waals surface area (Å²) in [4.78, 5) is 2.52. The molecular formula is C15H19NS. The lowest BCUT2D eigenvalue weighted by atomic mass is 10.0. The van der Waals surface area contributed by atoms with Gasteiger partial charge in [-0.2, -0.15) is 0 Å². The van der Waals surface area contributed by atoms with Gasteiger partial charge >= 0.3 is 0 Å². The molecule has 0 aliphatic carbocycles. The maximum atomic E-state index is 6.12. The van der Waals surface area contributed by atoms with Crippen LogP contribution in [-0.4, -0.2) is 0 Å². The second kappa shape index (κ2) is 4.28. The largest absolute Gasteiger partial charge is 0.321 e. The van der Waals surface area contributed by atoms with Crippen LogP contribution in [0.5, 0.6) is 0 Å². The Morgan fingerprint density at radius 1 is 1.00 bits per heavy atom. The summed E-state index contributed by atoms with van der Waals surface area (Å²) in [5.74, 6) is 0. The van der Waals surface area contributed by atoms with E-state index in [4.69, 9.17) is 5.73 Å². The zero-order chi connectivity index (χ0) is 12.6. The summed E-state index contributed by atoms with van der Waals surface area (Å²) in [6.45, 7) is 8.37. The average Bonchev–Trinajstić information content (AvgIpc) is 2.63. The van der Waals surface area contributed by atoms with E-state index < -0.39 is 0 Å². The molecule has 0 saturated heterocycles. The Hall–Kier alpha value is -1.12. The molecule has 90 valence electrons. The maximum Gasteiger partial charge on any atom is 0.0446 e. The first-order valence-electron chi connectivity index (χ1n) is 5.84. The summed E-state index contributed by atoms with van der Waals surface area (Å²) in [5, 5.41) is 0. The van der Waals surface area contributed by atoms with Crippen molar-refractivity contribution in [3.05, 3.63) is 46.3 Å². The second-order valence-electron chi connectivity index (χ2n) is 5.26. The van der Waals surface area contributed by atoms with Gasteiger partial charge in [-0.1, -0.05) is 29.3 Å². The number of aryl methyl sites for hydroxylation is 2. The van der Waals surface area contributed by atoms with E-state index >= 15 is 0 Å². The van der Waals surface area contributed by atoms with E-state index in [1.165, 1.54) is 26.4 Å². The van der Waals surface area contributed by atoms with Crippen LogP contribution >= 0.6 is 11.3 Å². The van der Waals surface area contributed by atoms with E-state index in [-0.39, 0.29) is 5.54 Å². The van der Waals surface area contributed by atoms with Crippen LogP contribution in [0.1, 0.15) is 29.9 Å². The van der Waals surface area contributed by atoms with Crippen LogP contribution in [0.2, 0.25) is 0 Å². The summed E-state index contributed by atoms with van der Waals surface area (Å²) < 4.78 is 0. The summed E-state index contributed by atoms with van der Waals surface area (Å²) in [6, 6.07) is 11.0. The van der Waals surface area contributed by atoms with E-state index in [0.717, 1.165) is 0 Å². The van der Waals surface area contributed by atoms with Gasteiger partial charge in [-0.3, -0.25) is 0 Å². The lowest BCUT2D eigenvalue weighted by Gasteiger charge is -2.15. The molecule has 0 amide bonds. The highest BCUT2D eigenvalue weighted by Crippen LogP contribution is 2.33. The SMILES string of the molecule is Cc1cc(C)cc(-c2ccc(C(C)(C)N)s2)c1. The number of rotatable bonds is 2. The molecule has 1 aromatic heterocycles. The number of thiophene rings is 1. The molecule has 2 heteroatoms. The Kier molecular flexibility index (Phi) is 3.11. The molecule has 0 bridgehead atoms. The van der Waals surface area contributed by atoms with Crippen LogP contribution in [0, 0.1) is 13.8 Å². The average molecular weight is 245 g/mol. The van der Waals surface area contributed by atoms with Crippen molar-refractivity contribution in [2.75, 3.05) is 0 Å². The van der Waals surface area contributed by atoms with Crippen LogP contribution in [0.4, 0.5) is 0 Å². The molecule has 2 N–H and O–H groups in total. The molecular weight excluding hydrogens is 226 g/mol. The highest BCUT2D eigenvalue weighted by atomic mass is 32.1. The van der Waals surface area contributed by atoms with Crippen LogP contribution in [0.15, 0.2) is 30.3 Å². The molecule has 0 atom stereocenters. The molecule has 1 aromatic carbocycles. The van der Waals surface area contributed by atoms with Gasteiger partial charge < -0.3 is 5.73 Å². The van der Waals surface area contributed by atoms with E-state index in [2.05, 4.69) is 44.2 Å². The van der Waals surface area contributed by atoms with Gasteiger partial charge in [0.25, 0.3) is 0 Å². The van der Waals surface area contributed by atoms with Crippen molar-refractivity contribution in [1.29, 1.82) is 0 Å². The van der Waals surface area contributed by atoms with Gasteiger partial charge in [0.2, 0.25) is 0 Å². The summed E-state index contributed by atoms with van der Waals surface area (Å²) in [7, 11) is 0. The third-order valence-electron chi connectivity index (χ3n) is 2.75. The van der Waals surface area contributed by atoms with Crippen molar-refractivity contribution in [2.24, 2.45) is 5.73 Å². The molecule has 0 radical (unpaired) electrons. The first kappa shape index (κ1) is 12.3. The van der Waals surface area contributed by atoms with E-state index in [1.54, 1.807) is 11.3 Å². The van der Waals surface area contributed by atoms with Gasteiger partial charge in [-0.15, -0.1) is 11.3 Å². The zero-order valence-corrected chi connectivity index (χ0v) is 11.7. The van der Waals surface area contributed by atoms with Crippen LogP contribution in [0.3, 0.4) is 0 Å². The van der Waals surface area contributed by atoms with Crippen LogP contribution < -0.4 is 5.73 Å². The van der Waals surface area contributed by atoms with Crippen molar-refractivity contribution in [3.63, 3.8) is 0 Å². The van der Waals surface area contributed by atoms with Gasteiger partial charge in [0.05, 0.1) is 0 Å². The fourth-order valence-corrected chi connectivity index (χ4v) is 2.96. The van der Waals surface area contributed by atoms with E-state index in [9.17, 15) is 0 Å². The Balaban J connectivity index is 2.44. The number of nitrogens with two attached hydrogens (primary N) is 1. The molecule has 2 aromatic rings. The van der Waals surface area contributed by atoms with E-state index in [1.807, 2.05) is 13.8 Å². The maximum absolute atomic E-state index is 6.12. The Bertz CT molecular complexity index is 512. The monoisotopic (exact) mass is 245 g/mol. The second-order valence-corrected chi connectivity index (χ2v) is 6.35. The standard InChI is InChI=1S/C15H19NS/c1-10-7-11(2)9-12(8-10)13-5-6-14(17-13)15(3,4)16/h5-9H,16H2,1-4H3. The van der Waals surface area contributed by atoms with Gasteiger partial charge in [0.15, 0.2) is 0 Å². The quantitative estimate of drug-likeness (QED) is 0.842. The normalized spacial score (nSPS) is 11.8. The smallest absolute Gasteiger partial charge is 0.0446 e. The fourth-order valence-electron chi connectivity index (χ4n) is 1.96. The molecule has 0 spiro atoms. The molecule has 1 heterocycles. The van der Waals surface area contributed by atoms with Crippen LogP contribution in [-0.2, 0) is 5.54 Å². The molecule has 0 aliphatic heterocycles. The molecule has 0 aliphatic rings. The topological polar surface area (TPSA) is 26.0 Å². The Morgan fingerprint density at radius 2 is 1.59 bits per heavy atom. The first-order chi connectivity index (χ1) is 7.86. The third kappa shape index (κ3) is 2.76. The number of benzene rings is 1. The Labute approximate surface area is 107 Å². The third-order valence-corrected chi connectivity index (χ3v) is 4.22. The molecule has 1 nitrogen and oxygen atoms in total. The predicted octanol–water partition coefficient (Wildman–Crippen LogP) is 4.23. The van der Waals surface area contributed by atoms with Gasteiger partial charge in [-0.05, 0) is 45.4 Å². The summed E-state index contributed by atoms with van der Waals surface area (Å²) in [6.07, 6.45) is 0. The molecule has 17 heavy (non-hydrogen) atoms. The summed E-state index contributed by atoms with van der Waals surface area (Å²) in [5.41, 5.74) is 9.78. The van der Waals surface area contributed by atoms with Crippen molar-refractivity contribution in [2.45, 2.75) is 33.2 Å².